The SMILES string of the molecule is COC1OC(N)=NC12c1ccccc1Oc1cnccc12. The van der Waals surface area contributed by atoms with Crippen molar-refractivity contribution in [3.05, 3.63) is 53.9 Å². The van der Waals surface area contributed by atoms with Crippen LogP contribution < -0.4 is 10.5 Å². The van der Waals surface area contributed by atoms with Gasteiger partial charge >= 0.3 is 0 Å². The highest BCUT2D eigenvalue weighted by atomic mass is 16.7. The number of aromatic nitrogens is 1. The van der Waals surface area contributed by atoms with Gasteiger partial charge < -0.3 is 19.9 Å². The van der Waals surface area contributed by atoms with Gasteiger partial charge in [-0.05, 0) is 12.1 Å². The number of rotatable bonds is 1. The third kappa shape index (κ3) is 1.50. The Balaban J connectivity index is 2.06. The van der Waals surface area contributed by atoms with E-state index in [2.05, 4.69) is 9.98 Å². The fraction of sp³-hybridized carbons (Fsp3) is 0.200. The number of hydrogen-bond acceptors (Lipinski definition) is 6. The second kappa shape index (κ2) is 4.20. The summed E-state index contributed by atoms with van der Waals surface area (Å²) in [5.41, 5.74) is 6.62. The third-order valence-corrected chi connectivity index (χ3v) is 3.78. The molecule has 6 heteroatoms. The highest BCUT2D eigenvalue weighted by Crippen LogP contribution is 2.52. The molecule has 4 rings (SSSR count). The number of fused-ring (bicyclic) bond motifs is 4. The lowest BCUT2D eigenvalue weighted by Crippen LogP contribution is -2.40. The van der Waals surface area contributed by atoms with Crippen LogP contribution in [0, 0.1) is 0 Å². The molecule has 106 valence electrons. The molecule has 0 fully saturated rings. The number of aliphatic imine (C=N–C) groups is 1. The molecule has 0 saturated heterocycles. The lowest BCUT2D eigenvalue weighted by atomic mass is 9.81. The number of nitrogens with zero attached hydrogens (tertiary/aromatic N) is 2. The summed E-state index contributed by atoms with van der Waals surface area (Å²) in [5.74, 6) is 1.32. The molecule has 2 aromatic rings. The van der Waals surface area contributed by atoms with E-state index in [0.717, 1.165) is 11.1 Å². The summed E-state index contributed by atoms with van der Waals surface area (Å²) < 4.78 is 17.0. The third-order valence-electron chi connectivity index (χ3n) is 3.78. The van der Waals surface area contributed by atoms with Gasteiger partial charge in [-0.25, -0.2) is 4.99 Å². The molecule has 21 heavy (non-hydrogen) atoms. The summed E-state index contributed by atoms with van der Waals surface area (Å²) >= 11 is 0. The molecule has 0 radical (unpaired) electrons. The van der Waals surface area contributed by atoms with Crippen LogP contribution in [0.4, 0.5) is 0 Å². The minimum Gasteiger partial charge on any atom is -0.455 e. The molecular weight excluding hydrogens is 270 g/mol. The Labute approximate surface area is 121 Å². The average Bonchev–Trinajstić information content (AvgIpc) is 2.85. The highest BCUT2D eigenvalue weighted by Gasteiger charge is 2.54. The Morgan fingerprint density at radius 2 is 2.00 bits per heavy atom. The number of amidine groups is 1. The molecule has 1 aromatic carbocycles. The Morgan fingerprint density at radius 3 is 2.86 bits per heavy atom. The molecule has 0 bridgehead atoms. The Bertz CT molecular complexity index is 699. The Hall–Kier alpha value is -2.60. The average molecular weight is 283 g/mol. The first-order valence-electron chi connectivity index (χ1n) is 6.52. The van der Waals surface area contributed by atoms with Gasteiger partial charge in [0.05, 0.1) is 6.20 Å². The topological polar surface area (TPSA) is 79.0 Å². The first-order valence-corrected chi connectivity index (χ1v) is 6.52. The zero-order valence-corrected chi connectivity index (χ0v) is 11.3. The fourth-order valence-electron chi connectivity index (χ4n) is 2.95. The van der Waals surface area contributed by atoms with E-state index in [1.807, 2.05) is 30.3 Å². The predicted molar refractivity (Wildman–Crippen MR) is 75.0 cm³/mol. The van der Waals surface area contributed by atoms with Gasteiger partial charge in [-0.1, -0.05) is 18.2 Å². The molecule has 2 unspecified atom stereocenters. The summed E-state index contributed by atoms with van der Waals surface area (Å²) in [4.78, 5) is 8.66. The maximum absolute atomic E-state index is 5.91. The molecule has 0 aliphatic carbocycles. The van der Waals surface area contributed by atoms with E-state index in [4.69, 9.17) is 19.9 Å². The second-order valence-electron chi connectivity index (χ2n) is 4.87. The molecule has 1 spiro atoms. The van der Waals surface area contributed by atoms with Crippen molar-refractivity contribution >= 4 is 6.02 Å². The Morgan fingerprint density at radius 1 is 1.19 bits per heavy atom. The van der Waals surface area contributed by atoms with E-state index in [-0.39, 0.29) is 6.02 Å². The standard InChI is InChI=1S/C15H13N3O3/c1-19-13-15(18-14(16)21-13)9-4-2-3-5-11(9)20-12-8-17-7-6-10(12)15/h2-8,13H,1H3,(H2,16,18). The molecule has 0 amide bonds. The number of nitrogens with two attached hydrogens (primary N) is 1. The van der Waals surface area contributed by atoms with Crippen LogP contribution in [-0.4, -0.2) is 24.4 Å². The summed E-state index contributed by atoms with van der Waals surface area (Å²) in [6.45, 7) is 0. The van der Waals surface area contributed by atoms with E-state index < -0.39 is 11.8 Å². The number of para-hydroxylation sites is 1. The van der Waals surface area contributed by atoms with Crippen molar-refractivity contribution in [2.75, 3.05) is 7.11 Å². The van der Waals surface area contributed by atoms with Crippen LogP contribution >= 0.6 is 0 Å². The van der Waals surface area contributed by atoms with Crippen LogP contribution in [0.1, 0.15) is 11.1 Å². The number of hydrogen-bond donors (Lipinski definition) is 1. The van der Waals surface area contributed by atoms with Gasteiger partial charge in [0.15, 0.2) is 11.3 Å². The van der Waals surface area contributed by atoms with E-state index in [9.17, 15) is 0 Å². The van der Waals surface area contributed by atoms with Gasteiger partial charge in [-0.2, -0.15) is 0 Å². The highest BCUT2D eigenvalue weighted by molar-refractivity contribution is 5.77. The molecule has 2 aliphatic heterocycles. The lowest BCUT2D eigenvalue weighted by Gasteiger charge is -2.36. The van der Waals surface area contributed by atoms with Crippen LogP contribution in [0.25, 0.3) is 0 Å². The van der Waals surface area contributed by atoms with Crippen molar-refractivity contribution in [1.82, 2.24) is 4.98 Å². The zero-order chi connectivity index (χ0) is 14.4. The molecule has 0 saturated carbocycles. The molecule has 2 N–H and O–H groups in total. The van der Waals surface area contributed by atoms with Gasteiger partial charge in [0.2, 0.25) is 6.29 Å². The van der Waals surface area contributed by atoms with Crippen molar-refractivity contribution in [3.8, 4) is 11.5 Å². The largest absolute Gasteiger partial charge is 0.455 e. The summed E-state index contributed by atoms with van der Waals surface area (Å²) in [6, 6.07) is 9.59. The monoisotopic (exact) mass is 283 g/mol. The minimum atomic E-state index is -0.869. The van der Waals surface area contributed by atoms with Crippen LogP contribution in [-0.2, 0) is 15.0 Å². The number of ether oxygens (including phenoxy) is 3. The fourth-order valence-corrected chi connectivity index (χ4v) is 2.95. The van der Waals surface area contributed by atoms with Crippen molar-refractivity contribution in [2.45, 2.75) is 11.8 Å². The number of benzene rings is 1. The number of methoxy groups -OCH3 is 1. The summed E-state index contributed by atoms with van der Waals surface area (Å²) in [7, 11) is 1.57. The van der Waals surface area contributed by atoms with Gasteiger partial charge in [0, 0.05) is 24.4 Å². The van der Waals surface area contributed by atoms with Gasteiger partial charge in [-0.15, -0.1) is 0 Å². The van der Waals surface area contributed by atoms with Gasteiger partial charge in [0.1, 0.15) is 5.75 Å². The maximum Gasteiger partial charge on any atom is 0.285 e. The molecule has 3 heterocycles. The predicted octanol–water partition coefficient (Wildman–Crippen LogP) is 1.75. The van der Waals surface area contributed by atoms with Crippen LogP contribution in [0.3, 0.4) is 0 Å². The quantitative estimate of drug-likeness (QED) is 0.862. The lowest BCUT2D eigenvalue weighted by molar-refractivity contribution is -0.0868. The van der Waals surface area contributed by atoms with E-state index in [1.165, 1.54) is 0 Å². The molecule has 6 nitrogen and oxygen atoms in total. The zero-order valence-electron chi connectivity index (χ0n) is 11.3. The minimum absolute atomic E-state index is 0.0984. The van der Waals surface area contributed by atoms with Crippen molar-refractivity contribution in [1.29, 1.82) is 0 Å². The van der Waals surface area contributed by atoms with Crippen LogP contribution in [0.2, 0.25) is 0 Å². The van der Waals surface area contributed by atoms with Gasteiger partial charge in [0.25, 0.3) is 6.02 Å². The van der Waals surface area contributed by atoms with Crippen LogP contribution in [0.15, 0.2) is 47.7 Å². The summed E-state index contributed by atoms with van der Waals surface area (Å²) in [6.07, 6.45) is 2.70. The van der Waals surface area contributed by atoms with Crippen molar-refractivity contribution < 1.29 is 14.2 Å². The number of pyridine rings is 1. The van der Waals surface area contributed by atoms with Crippen LogP contribution in [0.5, 0.6) is 11.5 Å². The second-order valence-corrected chi connectivity index (χ2v) is 4.87. The van der Waals surface area contributed by atoms with Crippen molar-refractivity contribution in [3.63, 3.8) is 0 Å². The van der Waals surface area contributed by atoms with E-state index in [1.54, 1.807) is 19.5 Å². The molecular formula is C15H13N3O3. The normalized spacial score (nSPS) is 25.6. The van der Waals surface area contributed by atoms with E-state index >= 15 is 0 Å². The Kier molecular flexibility index (Phi) is 2.43. The molecule has 2 aliphatic rings. The smallest absolute Gasteiger partial charge is 0.285 e. The van der Waals surface area contributed by atoms with Crippen molar-refractivity contribution in [2.24, 2.45) is 10.7 Å². The van der Waals surface area contributed by atoms with E-state index in [0.29, 0.717) is 11.5 Å². The molecule has 1 aromatic heterocycles. The first-order chi connectivity index (χ1) is 10.3. The molecule has 2 atom stereocenters. The first kappa shape index (κ1) is 12.2. The summed E-state index contributed by atoms with van der Waals surface area (Å²) in [5, 5.41) is 0. The maximum atomic E-state index is 5.91. The van der Waals surface area contributed by atoms with Gasteiger partial charge in [-0.3, -0.25) is 4.98 Å².